The Bertz CT molecular complexity index is 1070. The van der Waals surface area contributed by atoms with Crippen LogP contribution in [0.2, 0.25) is 0 Å². The summed E-state index contributed by atoms with van der Waals surface area (Å²) in [5.74, 6) is 0. The zero-order valence-corrected chi connectivity index (χ0v) is 23.8. The summed E-state index contributed by atoms with van der Waals surface area (Å²) in [6.07, 6.45) is 0. The molecule has 170 valence electrons. The van der Waals surface area contributed by atoms with Crippen LogP contribution in [0.4, 0.5) is 0 Å². The molecule has 0 amide bonds. The monoisotopic (exact) mass is 462 g/mol. The van der Waals surface area contributed by atoms with Crippen LogP contribution in [0.15, 0.2) is 18.2 Å². The maximum Gasteiger partial charge on any atom is 0.0395 e. The molecule has 0 bridgehead atoms. The molecule has 0 radical (unpaired) electrons. The van der Waals surface area contributed by atoms with E-state index >= 15 is 0 Å². The van der Waals surface area contributed by atoms with Crippen LogP contribution in [0.25, 0.3) is 0 Å². The molecule has 0 aliphatic carbocycles. The summed E-state index contributed by atoms with van der Waals surface area (Å²) in [4.78, 5) is 0. The van der Waals surface area contributed by atoms with E-state index in [2.05, 4.69) is 101 Å². The summed E-state index contributed by atoms with van der Waals surface area (Å²) >= 11 is 7.10. The molecule has 32 heavy (non-hydrogen) atoms. The lowest BCUT2D eigenvalue weighted by atomic mass is 10.0. The van der Waals surface area contributed by atoms with E-state index in [1.807, 2.05) is 0 Å². The van der Waals surface area contributed by atoms with Crippen molar-refractivity contribution in [3.63, 3.8) is 0 Å². The highest BCUT2D eigenvalue weighted by Gasteiger charge is 2.35. The molecular weight excluding hydrogens is 423 g/mol. The molecule has 0 aromatic heterocycles. The Morgan fingerprint density at radius 1 is 0.375 bits per heavy atom. The van der Waals surface area contributed by atoms with Crippen LogP contribution in [0.5, 0.6) is 0 Å². The molecule has 0 saturated heterocycles. The number of hydrogen-bond acceptors (Lipinski definition) is 1. The highest BCUT2D eigenvalue weighted by Crippen LogP contribution is 2.50. The predicted octanol–water partition coefficient (Wildman–Crippen LogP) is 7.14. The number of benzene rings is 3. The van der Waals surface area contributed by atoms with E-state index in [4.69, 9.17) is 11.8 Å². The molecule has 0 fully saturated rings. The van der Waals surface area contributed by atoms with Gasteiger partial charge in [0.2, 0.25) is 0 Å². The molecule has 3 aromatic rings. The van der Waals surface area contributed by atoms with Crippen molar-refractivity contribution in [1.82, 2.24) is 0 Å². The second-order valence-electron chi connectivity index (χ2n) is 9.94. The van der Waals surface area contributed by atoms with Crippen molar-refractivity contribution in [2.45, 2.75) is 83.1 Å². The van der Waals surface area contributed by atoms with E-state index in [1.165, 1.54) is 82.7 Å². The van der Waals surface area contributed by atoms with Crippen LogP contribution in [-0.2, 0) is 11.8 Å². The fourth-order valence-corrected chi connectivity index (χ4v) is 12.4. The van der Waals surface area contributed by atoms with Crippen molar-refractivity contribution < 1.29 is 0 Å². The lowest BCUT2D eigenvalue weighted by Gasteiger charge is -2.35. The third kappa shape index (κ3) is 3.63. The Kier molecular flexibility index (Phi) is 6.69. The van der Waals surface area contributed by atoms with Crippen molar-refractivity contribution in [2.24, 2.45) is 0 Å². The van der Waals surface area contributed by atoms with Gasteiger partial charge in [0.25, 0.3) is 0 Å². The van der Waals surface area contributed by atoms with Crippen molar-refractivity contribution in [2.75, 3.05) is 0 Å². The van der Waals surface area contributed by atoms with Gasteiger partial charge in [-0.2, -0.15) is 0 Å². The molecule has 0 nitrogen and oxygen atoms in total. The molecule has 0 atom stereocenters. The van der Waals surface area contributed by atoms with E-state index in [0.717, 1.165) is 0 Å². The summed E-state index contributed by atoms with van der Waals surface area (Å²) in [7, 11) is 0. The number of rotatable bonds is 3. The smallest absolute Gasteiger partial charge is 0.0395 e. The lowest BCUT2D eigenvalue weighted by molar-refractivity contribution is 1.25. The number of hydrogen-bond donors (Lipinski definition) is 0. The molecule has 0 saturated carbocycles. The van der Waals surface area contributed by atoms with E-state index in [1.54, 1.807) is 0 Å². The van der Waals surface area contributed by atoms with Crippen LogP contribution >= 0.6 is 6.04 Å². The first-order valence-corrected chi connectivity index (χ1v) is 14.4. The Hall–Kier alpha value is -1.69. The molecule has 0 aliphatic rings. The van der Waals surface area contributed by atoms with Crippen molar-refractivity contribution in [1.29, 1.82) is 0 Å². The topological polar surface area (TPSA) is 0 Å². The van der Waals surface area contributed by atoms with Crippen LogP contribution in [0.1, 0.15) is 66.8 Å². The molecule has 0 spiro atoms. The zero-order chi connectivity index (χ0) is 24.3. The maximum atomic E-state index is 7.10. The van der Waals surface area contributed by atoms with E-state index in [-0.39, 0.29) is 0 Å². The van der Waals surface area contributed by atoms with Crippen LogP contribution in [0.3, 0.4) is 0 Å². The van der Waals surface area contributed by atoms with Crippen molar-refractivity contribution in [3.05, 3.63) is 85.0 Å². The largest absolute Gasteiger partial charge is 0.0825 e. The van der Waals surface area contributed by atoms with Gasteiger partial charge in [-0.1, -0.05) is 30.0 Å². The van der Waals surface area contributed by atoms with Crippen molar-refractivity contribution >= 4 is 33.8 Å². The average Bonchev–Trinajstić information content (AvgIpc) is 2.70. The van der Waals surface area contributed by atoms with Gasteiger partial charge in [0, 0.05) is 22.0 Å². The summed E-state index contributed by atoms with van der Waals surface area (Å²) in [6.45, 7) is 27.2. The zero-order valence-electron chi connectivity index (χ0n) is 22.1. The SMILES string of the molecule is Cc1cc(C)c(C)c(P(=S)(c2c(C)c(C)cc(C)c2C)c2c(C)c(C)cc(C)c2C)c1C. The first-order valence-electron chi connectivity index (χ1n) is 11.6. The predicted molar refractivity (Wildman–Crippen MR) is 149 cm³/mol. The normalized spacial score (nSPS) is 11.9. The number of aryl methyl sites for hydroxylation is 6. The first-order chi connectivity index (χ1) is 14.7. The average molecular weight is 463 g/mol. The molecule has 0 N–H and O–H groups in total. The standard InChI is InChI=1S/C30H39PS/c1-16-13-17(2)23(8)28(22(16)7)31(32,29-24(9)18(3)14-19(4)25(29)10)30-26(11)20(5)15-21(6)27(30)12/h13-15H,1-12H3. The lowest BCUT2D eigenvalue weighted by Crippen LogP contribution is -2.35. The minimum absolute atomic E-state index is 1.34. The highest BCUT2D eigenvalue weighted by molar-refractivity contribution is 8.25. The van der Waals surface area contributed by atoms with Crippen LogP contribution in [-0.4, -0.2) is 0 Å². The summed E-state index contributed by atoms with van der Waals surface area (Å²) < 4.78 is 0. The fourth-order valence-electron chi connectivity index (χ4n) is 5.34. The Labute approximate surface area is 201 Å². The molecule has 2 heteroatoms. The van der Waals surface area contributed by atoms with Gasteiger partial charge in [0.1, 0.15) is 0 Å². The third-order valence-electron chi connectivity index (χ3n) is 7.92. The Balaban J connectivity index is 2.74. The van der Waals surface area contributed by atoms with E-state index in [9.17, 15) is 0 Å². The van der Waals surface area contributed by atoms with Crippen LogP contribution in [0, 0.1) is 83.1 Å². The van der Waals surface area contributed by atoms with Gasteiger partial charge in [0.05, 0.1) is 0 Å². The second kappa shape index (κ2) is 8.58. The molecular formula is C30H39PS. The molecule has 0 heterocycles. The minimum atomic E-state index is -2.33. The maximum absolute atomic E-state index is 7.10. The van der Waals surface area contributed by atoms with Gasteiger partial charge in [-0.15, -0.1) is 0 Å². The van der Waals surface area contributed by atoms with Gasteiger partial charge in [0.15, 0.2) is 0 Å². The third-order valence-corrected chi connectivity index (χ3v) is 13.5. The molecule has 0 unspecified atom stereocenters. The van der Waals surface area contributed by atoms with E-state index < -0.39 is 6.04 Å². The fraction of sp³-hybridized carbons (Fsp3) is 0.400. The highest BCUT2D eigenvalue weighted by atomic mass is 32.4. The quantitative estimate of drug-likeness (QED) is 0.373. The molecule has 3 aromatic carbocycles. The second-order valence-corrected chi connectivity index (χ2v) is 14.1. The van der Waals surface area contributed by atoms with Crippen LogP contribution < -0.4 is 15.9 Å². The van der Waals surface area contributed by atoms with Gasteiger partial charge < -0.3 is 0 Å². The summed E-state index contributed by atoms with van der Waals surface area (Å²) in [5.41, 5.74) is 16.3. The van der Waals surface area contributed by atoms with E-state index in [0.29, 0.717) is 0 Å². The molecule has 0 aliphatic heterocycles. The Morgan fingerprint density at radius 3 is 0.688 bits per heavy atom. The van der Waals surface area contributed by atoms with Crippen molar-refractivity contribution in [3.8, 4) is 0 Å². The van der Waals surface area contributed by atoms with Gasteiger partial charge >= 0.3 is 0 Å². The van der Waals surface area contributed by atoms with Gasteiger partial charge in [-0.05, 0) is 150 Å². The van der Waals surface area contributed by atoms with Gasteiger partial charge in [-0.25, -0.2) is 0 Å². The molecule has 3 rings (SSSR count). The minimum Gasteiger partial charge on any atom is -0.0825 e. The van der Waals surface area contributed by atoms with Gasteiger partial charge in [-0.3, -0.25) is 0 Å². The summed E-state index contributed by atoms with van der Waals surface area (Å²) in [5, 5.41) is 4.24. The first kappa shape index (κ1) is 24.9. The summed E-state index contributed by atoms with van der Waals surface area (Å²) in [6, 6.07) is 4.66. The Morgan fingerprint density at radius 2 is 0.531 bits per heavy atom.